The number of nitrogen functional groups attached to an aromatic ring is 1. The first-order valence-corrected chi connectivity index (χ1v) is 10.9. The van der Waals surface area contributed by atoms with Gasteiger partial charge in [0.2, 0.25) is 5.91 Å². The number of hydrogen-bond donors (Lipinski definition) is 3. The maximum absolute atomic E-state index is 12.1. The molecule has 0 aliphatic carbocycles. The lowest BCUT2D eigenvalue weighted by Gasteiger charge is -2.26. The van der Waals surface area contributed by atoms with Crippen LogP contribution in [-0.2, 0) is 14.3 Å². The molecule has 0 saturated carbocycles. The number of benzene rings is 1. The van der Waals surface area contributed by atoms with Crippen molar-refractivity contribution in [2.45, 2.75) is 37.3 Å². The molecule has 0 radical (unpaired) electrons. The molecule has 32 heavy (non-hydrogen) atoms. The molecule has 168 valence electrons. The fourth-order valence-corrected chi connectivity index (χ4v) is 4.33. The summed E-state index contributed by atoms with van der Waals surface area (Å²) in [6.07, 6.45) is 7.39. The lowest BCUT2D eigenvalue weighted by Crippen LogP contribution is -2.37. The van der Waals surface area contributed by atoms with E-state index >= 15 is 0 Å². The van der Waals surface area contributed by atoms with E-state index in [1.807, 2.05) is 0 Å². The number of nitrogens with one attached hydrogen (secondary N) is 1. The van der Waals surface area contributed by atoms with E-state index in [1.165, 1.54) is 6.08 Å². The highest BCUT2D eigenvalue weighted by Crippen LogP contribution is 2.29. The molecule has 4 N–H and O–H groups in total. The molecule has 1 aromatic heterocycles. The van der Waals surface area contributed by atoms with Crippen LogP contribution in [0.5, 0.6) is 0 Å². The minimum Gasteiger partial charge on any atom is -0.481 e. The Balaban J connectivity index is 1.30. The standard InChI is InChI=1S/C24H28N4O4/c25-20-5-1-2-6-22(20)27-23(29)10-8-16-7-9-21(26-13-16)19(24(30)31)4-3-11-28-14-18-12-17(28)15-32-18/h1-2,5-10,13,17-19H,3-4,11-12,14-15,25H2,(H,27,29)(H,30,31)/t17-,18-,19?/m0/s1. The van der Waals surface area contributed by atoms with Gasteiger partial charge in [0.25, 0.3) is 0 Å². The summed E-state index contributed by atoms with van der Waals surface area (Å²) < 4.78 is 5.62. The highest BCUT2D eigenvalue weighted by molar-refractivity contribution is 6.03. The first-order chi connectivity index (χ1) is 15.5. The SMILES string of the molecule is Nc1ccccc1NC(=O)C=Cc1ccc(C(CCCN2C[C@@H]3C[C@H]2CO3)C(=O)O)nc1. The number of nitrogens with zero attached hydrogens (tertiary/aromatic N) is 2. The lowest BCUT2D eigenvalue weighted by atomic mass is 9.98. The Bertz CT molecular complexity index is 992. The summed E-state index contributed by atoms with van der Waals surface area (Å²) in [5.41, 5.74) is 8.11. The smallest absolute Gasteiger partial charge is 0.312 e. The van der Waals surface area contributed by atoms with E-state index in [4.69, 9.17) is 10.5 Å². The third-order valence-corrected chi connectivity index (χ3v) is 6.06. The van der Waals surface area contributed by atoms with Crippen LogP contribution < -0.4 is 11.1 Å². The van der Waals surface area contributed by atoms with Crippen LogP contribution in [0.2, 0.25) is 0 Å². The maximum Gasteiger partial charge on any atom is 0.312 e. The number of fused-ring (bicyclic) bond motifs is 2. The Morgan fingerprint density at radius 1 is 1.31 bits per heavy atom. The number of carbonyl (C=O) groups excluding carboxylic acids is 1. The quantitative estimate of drug-likeness (QED) is 0.409. The molecule has 2 fully saturated rings. The molecule has 2 aliphatic rings. The summed E-state index contributed by atoms with van der Waals surface area (Å²) in [6, 6.07) is 11.0. The molecule has 2 bridgehead atoms. The fraction of sp³-hybridized carbons (Fsp3) is 0.375. The molecular weight excluding hydrogens is 408 g/mol. The number of aromatic nitrogens is 1. The van der Waals surface area contributed by atoms with E-state index in [2.05, 4.69) is 15.2 Å². The molecule has 3 heterocycles. The monoisotopic (exact) mass is 436 g/mol. The number of rotatable bonds is 9. The molecule has 2 aromatic rings. The maximum atomic E-state index is 12.1. The first-order valence-electron chi connectivity index (χ1n) is 10.9. The number of anilines is 2. The minimum atomic E-state index is -0.869. The van der Waals surface area contributed by atoms with Crippen molar-refractivity contribution in [3.05, 3.63) is 59.9 Å². The van der Waals surface area contributed by atoms with Gasteiger partial charge < -0.3 is 20.9 Å². The molecule has 0 spiro atoms. The van der Waals surface area contributed by atoms with Crippen molar-refractivity contribution in [2.24, 2.45) is 0 Å². The Labute approximate surface area is 187 Å². The summed E-state index contributed by atoms with van der Waals surface area (Å²) >= 11 is 0. The van der Waals surface area contributed by atoms with Gasteiger partial charge in [-0.1, -0.05) is 18.2 Å². The average molecular weight is 437 g/mol. The van der Waals surface area contributed by atoms with Crippen molar-refractivity contribution in [3.8, 4) is 0 Å². The predicted octanol–water partition coefficient (Wildman–Crippen LogP) is 2.74. The third kappa shape index (κ3) is 5.33. The van der Waals surface area contributed by atoms with Gasteiger partial charge in [0.1, 0.15) is 0 Å². The van der Waals surface area contributed by atoms with E-state index < -0.39 is 11.9 Å². The number of carboxylic acid groups (broad SMARTS) is 1. The molecule has 3 atom stereocenters. The number of morpholine rings is 1. The second-order valence-electron chi connectivity index (χ2n) is 8.30. The first kappa shape index (κ1) is 22.0. The number of hydrogen-bond acceptors (Lipinski definition) is 6. The number of amides is 1. The van der Waals surface area contributed by atoms with Gasteiger partial charge >= 0.3 is 5.97 Å². The number of aliphatic carboxylic acids is 1. The van der Waals surface area contributed by atoms with Crippen molar-refractivity contribution in [3.63, 3.8) is 0 Å². The molecule has 4 rings (SSSR count). The number of nitrogens with two attached hydrogens (primary N) is 1. The van der Waals surface area contributed by atoms with Gasteiger partial charge in [-0.15, -0.1) is 0 Å². The number of pyridine rings is 1. The largest absolute Gasteiger partial charge is 0.481 e. The Morgan fingerprint density at radius 3 is 2.81 bits per heavy atom. The summed E-state index contributed by atoms with van der Waals surface area (Å²) in [5.74, 6) is -1.82. The highest BCUT2D eigenvalue weighted by atomic mass is 16.5. The molecule has 1 unspecified atom stereocenters. The van der Waals surface area contributed by atoms with Crippen LogP contribution in [0.3, 0.4) is 0 Å². The van der Waals surface area contributed by atoms with Crippen molar-refractivity contribution in [1.29, 1.82) is 0 Å². The number of para-hydroxylation sites is 2. The zero-order valence-electron chi connectivity index (χ0n) is 17.8. The summed E-state index contributed by atoms with van der Waals surface area (Å²) in [5, 5.41) is 12.4. The average Bonchev–Trinajstić information content (AvgIpc) is 3.41. The zero-order chi connectivity index (χ0) is 22.5. The van der Waals surface area contributed by atoms with Crippen molar-refractivity contribution >= 4 is 29.3 Å². The van der Waals surface area contributed by atoms with Gasteiger partial charge in [-0.2, -0.15) is 0 Å². The molecule has 8 nitrogen and oxygen atoms in total. The fourth-order valence-electron chi connectivity index (χ4n) is 4.33. The van der Waals surface area contributed by atoms with E-state index in [9.17, 15) is 14.7 Å². The Hall–Kier alpha value is -3.23. The molecule has 2 aliphatic heterocycles. The van der Waals surface area contributed by atoms with Gasteiger partial charge in [0.15, 0.2) is 0 Å². The van der Waals surface area contributed by atoms with Crippen LogP contribution in [0.15, 0.2) is 48.7 Å². The number of likely N-dealkylation sites (tertiary alicyclic amines) is 1. The lowest BCUT2D eigenvalue weighted by molar-refractivity contribution is -0.139. The van der Waals surface area contributed by atoms with Crippen LogP contribution in [-0.4, -0.2) is 58.7 Å². The molecular formula is C24H28N4O4. The second kappa shape index (κ2) is 9.93. The van der Waals surface area contributed by atoms with Crippen LogP contribution in [0.1, 0.15) is 36.4 Å². The normalized spacial score (nSPS) is 21.1. The Kier molecular flexibility index (Phi) is 6.82. The van der Waals surface area contributed by atoms with Crippen LogP contribution >= 0.6 is 0 Å². The van der Waals surface area contributed by atoms with E-state index in [1.54, 1.807) is 48.7 Å². The molecule has 1 aromatic carbocycles. The number of carboxylic acids is 1. The Morgan fingerprint density at radius 2 is 2.16 bits per heavy atom. The predicted molar refractivity (Wildman–Crippen MR) is 122 cm³/mol. The molecule has 8 heteroatoms. The van der Waals surface area contributed by atoms with Crippen molar-refractivity contribution < 1.29 is 19.4 Å². The van der Waals surface area contributed by atoms with Crippen LogP contribution in [0.4, 0.5) is 11.4 Å². The van der Waals surface area contributed by atoms with Crippen LogP contribution in [0.25, 0.3) is 6.08 Å². The van der Waals surface area contributed by atoms with Gasteiger partial charge in [0.05, 0.1) is 35.7 Å². The highest BCUT2D eigenvalue weighted by Gasteiger charge is 2.38. The van der Waals surface area contributed by atoms with E-state index in [0.29, 0.717) is 41.2 Å². The van der Waals surface area contributed by atoms with Gasteiger partial charge in [-0.05, 0) is 55.6 Å². The van der Waals surface area contributed by atoms with Gasteiger partial charge in [0, 0.05) is 24.9 Å². The van der Waals surface area contributed by atoms with Gasteiger partial charge in [-0.3, -0.25) is 19.5 Å². The topological polar surface area (TPSA) is 118 Å². The van der Waals surface area contributed by atoms with E-state index in [-0.39, 0.29) is 5.91 Å². The van der Waals surface area contributed by atoms with E-state index in [0.717, 1.165) is 32.5 Å². The summed E-state index contributed by atoms with van der Waals surface area (Å²) in [4.78, 5) is 30.7. The minimum absolute atomic E-state index is 0.309. The van der Waals surface area contributed by atoms with Gasteiger partial charge in [-0.25, -0.2) is 0 Å². The van der Waals surface area contributed by atoms with Crippen LogP contribution in [0, 0.1) is 0 Å². The van der Waals surface area contributed by atoms with Crippen molar-refractivity contribution in [1.82, 2.24) is 9.88 Å². The summed E-state index contributed by atoms with van der Waals surface area (Å²) in [6.45, 7) is 2.63. The number of carbonyl (C=O) groups is 2. The van der Waals surface area contributed by atoms with Crippen molar-refractivity contribution in [2.75, 3.05) is 30.7 Å². The number of ether oxygens (including phenoxy) is 1. The second-order valence-corrected chi connectivity index (χ2v) is 8.30. The third-order valence-electron chi connectivity index (χ3n) is 6.06. The molecule has 2 saturated heterocycles. The summed E-state index contributed by atoms with van der Waals surface area (Å²) in [7, 11) is 0. The molecule has 1 amide bonds. The zero-order valence-corrected chi connectivity index (χ0v) is 17.8.